The zero-order valence-corrected chi connectivity index (χ0v) is 27.8. The van der Waals surface area contributed by atoms with E-state index in [9.17, 15) is 15.0 Å². The molecule has 0 aliphatic heterocycles. The molecule has 0 unspecified atom stereocenters. The van der Waals surface area contributed by atoms with Crippen LogP contribution in [-0.2, 0) is 4.79 Å². The minimum Gasteiger partial charge on any atom is -0.394 e. The van der Waals surface area contributed by atoms with Gasteiger partial charge in [0, 0.05) is 6.42 Å². The predicted octanol–water partition coefficient (Wildman–Crippen LogP) is 10.7. The first-order chi connectivity index (χ1) is 20.2. The van der Waals surface area contributed by atoms with Crippen LogP contribution in [0.25, 0.3) is 0 Å². The molecule has 0 aromatic rings. The van der Waals surface area contributed by atoms with Crippen LogP contribution in [0.4, 0.5) is 0 Å². The van der Waals surface area contributed by atoms with Gasteiger partial charge in [-0.05, 0) is 38.5 Å². The van der Waals surface area contributed by atoms with Crippen molar-refractivity contribution in [3.8, 4) is 0 Å². The number of unbranched alkanes of at least 4 members (excludes halogenated alkanes) is 24. The normalized spacial score (nSPS) is 13.2. The Morgan fingerprint density at radius 1 is 0.561 bits per heavy atom. The Kier molecular flexibility index (Phi) is 32.9. The van der Waals surface area contributed by atoms with Crippen LogP contribution in [0.15, 0.2) is 12.2 Å². The standard InChI is InChI=1S/C37H73NO3/c1-3-5-7-9-11-13-15-17-18-19-20-21-22-24-26-28-30-32-36(40)35(34-39)38-37(41)33-31-29-27-25-23-16-14-12-10-8-6-4-2/h22,24,35-36,39-40H,3-21,23,25-34H2,1-2H3,(H,38,41)/b24-22+/t35-,36+/m0/s1. The van der Waals surface area contributed by atoms with Crippen LogP contribution in [0.3, 0.4) is 0 Å². The lowest BCUT2D eigenvalue weighted by atomic mass is 10.0. The molecule has 2 atom stereocenters. The van der Waals surface area contributed by atoms with E-state index in [1.807, 2.05) is 0 Å². The summed E-state index contributed by atoms with van der Waals surface area (Å²) < 4.78 is 0. The maximum Gasteiger partial charge on any atom is 0.220 e. The zero-order valence-electron chi connectivity index (χ0n) is 27.8. The molecule has 0 aliphatic carbocycles. The van der Waals surface area contributed by atoms with Crippen molar-refractivity contribution in [1.29, 1.82) is 0 Å². The van der Waals surface area contributed by atoms with Gasteiger partial charge in [0.2, 0.25) is 5.91 Å². The molecule has 4 heteroatoms. The molecule has 41 heavy (non-hydrogen) atoms. The maximum absolute atomic E-state index is 12.3. The Morgan fingerprint density at radius 2 is 0.927 bits per heavy atom. The second-order valence-electron chi connectivity index (χ2n) is 12.6. The van der Waals surface area contributed by atoms with E-state index in [4.69, 9.17) is 0 Å². The zero-order chi connectivity index (χ0) is 30.1. The van der Waals surface area contributed by atoms with Crippen LogP contribution in [0.1, 0.15) is 200 Å². The topological polar surface area (TPSA) is 69.6 Å². The van der Waals surface area contributed by atoms with Crippen LogP contribution in [0.2, 0.25) is 0 Å². The third-order valence-electron chi connectivity index (χ3n) is 8.53. The van der Waals surface area contributed by atoms with Gasteiger partial charge < -0.3 is 15.5 Å². The van der Waals surface area contributed by atoms with E-state index in [1.165, 1.54) is 141 Å². The number of amides is 1. The summed E-state index contributed by atoms with van der Waals surface area (Å²) in [4.78, 5) is 12.3. The van der Waals surface area contributed by atoms with E-state index < -0.39 is 12.1 Å². The maximum atomic E-state index is 12.3. The first kappa shape index (κ1) is 40.1. The monoisotopic (exact) mass is 580 g/mol. The van der Waals surface area contributed by atoms with Gasteiger partial charge in [-0.2, -0.15) is 0 Å². The number of carbonyl (C=O) groups is 1. The lowest BCUT2D eigenvalue weighted by Crippen LogP contribution is -2.45. The van der Waals surface area contributed by atoms with Crippen molar-refractivity contribution < 1.29 is 15.0 Å². The number of allylic oxidation sites excluding steroid dienone is 2. The summed E-state index contributed by atoms with van der Waals surface area (Å²) in [6.07, 6.45) is 39.8. The van der Waals surface area contributed by atoms with Gasteiger partial charge in [-0.3, -0.25) is 4.79 Å². The fourth-order valence-electron chi connectivity index (χ4n) is 5.65. The van der Waals surface area contributed by atoms with Crippen molar-refractivity contribution in [2.45, 2.75) is 212 Å². The summed E-state index contributed by atoms with van der Waals surface area (Å²) in [7, 11) is 0. The van der Waals surface area contributed by atoms with Crippen LogP contribution >= 0.6 is 0 Å². The quantitative estimate of drug-likeness (QED) is 0.0535. The van der Waals surface area contributed by atoms with Crippen LogP contribution in [-0.4, -0.2) is 34.9 Å². The summed E-state index contributed by atoms with van der Waals surface area (Å²) in [5, 5.41) is 23.0. The fourth-order valence-corrected chi connectivity index (χ4v) is 5.65. The summed E-state index contributed by atoms with van der Waals surface area (Å²) in [6.45, 7) is 4.34. The molecule has 0 aromatic carbocycles. The number of aliphatic hydroxyl groups excluding tert-OH is 2. The van der Waals surface area contributed by atoms with Gasteiger partial charge in [0.25, 0.3) is 0 Å². The molecule has 0 bridgehead atoms. The minimum atomic E-state index is -0.675. The van der Waals surface area contributed by atoms with Gasteiger partial charge in [0.1, 0.15) is 0 Å². The Labute approximate surface area is 256 Å². The van der Waals surface area contributed by atoms with E-state index in [-0.39, 0.29) is 12.5 Å². The average Bonchev–Trinajstić information content (AvgIpc) is 2.97. The molecule has 0 rings (SSSR count). The van der Waals surface area contributed by atoms with Gasteiger partial charge >= 0.3 is 0 Å². The number of aliphatic hydroxyl groups is 2. The third kappa shape index (κ3) is 30.4. The van der Waals surface area contributed by atoms with Crippen LogP contribution in [0.5, 0.6) is 0 Å². The van der Waals surface area contributed by atoms with Gasteiger partial charge in [0.15, 0.2) is 0 Å². The van der Waals surface area contributed by atoms with Crippen LogP contribution in [0, 0.1) is 0 Å². The van der Waals surface area contributed by atoms with Crippen molar-refractivity contribution in [1.82, 2.24) is 5.32 Å². The lowest BCUT2D eigenvalue weighted by molar-refractivity contribution is -0.123. The van der Waals surface area contributed by atoms with Crippen molar-refractivity contribution in [2.24, 2.45) is 0 Å². The third-order valence-corrected chi connectivity index (χ3v) is 8.53. The first-order valence-corrected chi connectivity index (χ1v) is 18.4. The van der Waals surface area contributed by atoms with Gasteiger partial charge in [-0.1, -0.05) is 167 Å². The van der Waals surface area contributed by atoms with E-state index >= 15 is 0 Å². The van der Waals surface area contributed by atoms with Crippen molar-refractivity contribution in [3.05, 3.63) is 12.2 Å². The molecule has 0 saturated heterocycles. The largest absolute Gasteiger partial charge is 0.394 e. The lowest BCUT2D eigenvalue weighted by Gasteiger charge is -2.22. The molecule has 0 radical (unpaired) electrons. The van der Waals surface area contributed by atoms with Gasteiger partial charge in [0.05, 0.1) is 18.8 Å². The molecule has 244 valence electrons. The van der Waals surface area contributed by atoms with Crippen LogP contribution < -0.4 is 5.32 Å². The van der Waals surface area contributed by atoms with Crippen molar-refractivity contribution in [3.63, 3.8) is 0 Å². The Morgan fingerprint density at radius 3 is 1.34 bits per heavy atom. The molecule has 0 heterocycles. The second kappa shape index (κ2) is 33.6. The molecule has 0 aromatic heterocycles. The molecule has 1 amide bonds. The van der Waals surface area contributed by atoms with E-state index in [0.717, 1.165) is 32.1 Å². The average molecular weight is 580 g/mol. The molecule has 4 nitrogen and oxygen atoms in total. The van der Waals surface area contributed by atoms with Crippen molar-refractivity contribution in [2.75, 3.05) is 6.61 Å². The predicted molar refractivity (Wildman–Crippen MR) is 179 cm³/mol. The molecule has 3 N–H and O–H groups in total. The fraction of sp³-hybridized carbons (Fsp3) is 0.919. The molecular formula is C37H73NO3. The molecule has 0 saturated carbocycles. The molecule has 0 aliphatic rings. The first-order valence-electron chi connectivity index (χ1n) is 18.4. The van der Waals surface area contributed by atoms with E-state index in [0.29, 0.717) is 12.8 Å². The highest BCUT2D eigenvalue weighted by atomic mass is 16.3. The SMILES string of the molecule is CCCCCCCCCCCCC/C=C/CCCC[C@@H](O)[C@H](CO)NC(=O)CCCCCCCCCCCCCC. The highest BCUT2D eigenvalue weighted by molar-refractivity contribution is 5.76. The summed E-state index contributed by atoms with van der Waals surface area (Å²) >= 11 is 0. The van der Waals surface area contributed by atoms with Gasteiger partial charge in [-0.25, -0.2) is 0 Å². The number of carbonyl (C=O) groups excluding carboxylic acids is 1. The smallest absolute Gasteiger partial charge is 0.220 e. The highest BCUT2D eigenvalue weighted by Gasteiger charge is 2.19. The molecule has 0 fully saturated rings. The van der Waals surface area contributed by atoms with E-state index in [2.05, 4.69) is 31.3 Å². The summed E-state index contributed by atoms with van der Waals surface area (Å²) in [5.41, 5.74) is 0. The summed E-state index contributed by atoms with van der Waals surface area (Å²) in [6, 6.07) is -0.545. The second-order valence-corrected chi connectivity index (χ2v) is 12.6. The summed E-state index contributed by atoms with van der Waals surface area (Å²) in [5.74, 6) is -0.0412. The minimum absolute atomic E-state index is 0.0412. The number of hydrogen-bond acceptors (Lipinski definition) is 3. The molecule has 0 spiro atoms. The van der Waals surface area contributed by atoms with Gasteiger partial charge in [-0.15, -0.1) is 0 Å². The highest BCUT2D eigenvalue weighted by Crippen LogP contribution is 2.14. The number of hydrogen-bond donors (Lipinski definition) is 3. The molecular weight excluding hydrogens is 506 g/mol. The Balaban J connectivity index is 3.58. The van der Waals surface area contributed by atoms with Crippen molar-refractivity contribution >= 4 is 5.91 Å². The van der Waals surface area contributed by atoms with E-state index in [1.54, 1.807) is 0 Å². The Bertz CT molecular complexity index is 550. The Hall–Kier alpha value is -0.870. The number of rotatable bonds is 33. The number of nitrogens with one attached hydrogen (secondary N) is 1.